The van der Waals surface area contributed by atoms with Crippen LogP contribution >= 0.6 is 11.8 Å². The number of aromatic nitrogens is 4. The summed E-state index contributed by atoms with van der Waals surface area (Å²) in [6.07, 6.45) is 0. The zero-order valence-electron chi connectivity index (χ0n) is 16.4. The van der Waals surface area contributed by atoms with Gasteiger partial charge in [0.2, 0.25) is 17.9 Å². The highest BCUT2D eigenvalue weighted by atomic mass is 32.2. The number of hydrogen-bond donors (Lipinski definition) is 1. The maximum atomic E-state index is 12.6. The number of ether oxygens (including phenoxy) is 2. The van der Waals surface area contributed by atoms with Gasteiger partial charge in [-0.05, 0) is 60.0 Å². The summed E-state index contributed by atoms with van der Waals surface area (Å²) in [7, 11) is 0. The Morgan fingerprint density at radius 1 is 1.21 bits per heavy atom. The first-order chi connectivity index (χ1) is 14.0. The molecule has 0 aliphatic carbocycles. The molecule has 0 saturated carbocycles. The number of aryl methyl sites for hydroxylation is 2. The van der Waals surface area contributed by atoms with E-state index in [0.29, 0.717) is 17.5 Å². The van der Waals surface area contributed by atoms with Gasteiger partial charge in [0.25, 0.3) is 0 Å². The fourth-order valence-electron chi connectivity index (χ4n) is 3.13. The SMILES string of the molecule is Cc1cccc(C)c1-n1nnnc1S[C@H](C)C(=O)NCc1ccc2c(c1)OCO2. The van der Waals surface area contributed by atoms with E-state index in [2.05, 4.69) is 20.8 Å². The number of nitrogens with zero attached hydrogens (tertiary/aromatic N) is 4. The third-order valence-electron chi connectivity index (χ3n) is 4.65. The van der Waals surface area contributed by atoms with Crippen LogP contribution in [-0.4, -0.2) is 38.2 Å². The van der Waals surface area contributed by atoms with Crippen molar-refractivity contribution < 1.29 is 14.3 Å². The Morgan fingerprint density at radius 3 is 2.76 bits per heavy atom. The lowest BCUT2D eigenvalue weighted by Gasteiger charge is -2.14. The minimum Gasteiger partial charge on any atom is -0.454 e. The quantitative estimate of drug-likeness (QED) is 0.624. The summed E-state index contributed by atoms with van der Waals surface area (Å²) >= 11 is 1.32. The molecule has 0 spiro atoms. The molecule has 0 bridgehead atoms. The number of para-hydroxylation sites is 1. The lowest BCUT2D eigenvalue weighted by atomic mass is 10.1. The van der Waals surface area contributed by atoms with Crippen molar-refractivity contribution in [2.75, 3.05) is 6.79 Å². The van der Waals surface area contributed by atoms with Gasteiger partial charge in [0.05, 0.1) is 10.9 Å². The lowest BCUT2D eigenvalue weighted by Crippen LogP contribution is -2.30. The van der Waals surface area contributed by atoms with Crippen LogP contribution in [0.3, 0.4) is 0 Å². The number of benzene rings is 2. The topological polar surface area (TPSA) is 91.2 Å². The highest BCUT2D eigenvalue weighted by molar-refractivity contribution is 8.00. The first-order valence-electron chi connectivity index (χ1n) is 9.21. The van der Waals surface area contributed by atoms with E-state index in [0.717, 1.165) is 28.1 Å². The van der Waals surface area contributed by atoms with Gasteiger partial charge in [-0.3, -0.25) is 4.79 Å². The summed E-state index contributed by atoms with van der Waals surface area (Å²) in [4.78, 5) is 12.6. The second-order valence-corrected chi connectivity index (χ2v) is 8.09. The van der Waals surface area contributed by atoms with Crippen molar-refractivity contribution in [1.82, 2.24) is 25.5 Å². The molecule has 150 valence electrons. The minimum absolute atomic E-state index is 0.0938. The molecule has 1 atom stereocenters. The van der Waals surface area contributed by atoms with E-state index in [1.165, 1.54) is 11.8 Å². The zero-order valence-corrected chi connectivity index (χ0v) is 17.2. The predicted octanol–water partition coefficient (Wildman–Crippen LogP) is 2.80. The number of carbonyl (C=O) groups excluding carboxylic acids is 1. The Balaban J connectivity index is 1.42. The van der Waals surface area contributed by atoms with Crippen molar-refractivity contribution >= 4 is 17.7 Å². The Kier molecular flexibility index (Phi) is 5.39. The molecule has 29 heavy (non-hydrogen) atoms. The third-order valence-corrected chi connectivity index (χ3v) is 5.68. The van der Waals surface area contributed by atoms with E-state index >= 15 is 0 Å². The summed E-state index contributed by atoms with van der Waals surface area (Å²) in [5, 5.41) is 15.2. The Hall–Kier alpha value is -3.07. The number of amides is 1. The average molecular weight is 411 g/mol. The predicted molar refractivity (Wildman–Crippen MR) is 108 cm³/mol. The van der Waals surface area contributed by atoms with E-state index in [1.54, 1.807) is 4.68 Å². The van der Waals surface area contributed by atoms with Gasteiger partial charge in [-0.2, -0.15) is 4.68 Å². The number of fused-ring (bicyclic) bond motifs is 1. The zero-order chi connectivity index (χ0) is 20.4. The van der Waals surface area contributed by atoms with E-state index < -0.39 is 0 Å². The molecule has 2 heterocycles. The molecule has 4 rings (SSSR count). The van der Waals surface area contributed by atoms with Gasteiger partial charge in [0.1, 0.15) is 0 Å². The van der Waals surface area contributed by atoms with Gasteiger partial charge in [0.15, 0.2) is 11.5 Å². The van der Waals surface area contributed by atoms with Crippen LogP contribution < -0.4 is 14.8 Å². The molecule has 1 N–H and O–H groups in total. The minimum atomic E-state index is -0.363. The van der Waals surface area contributed by atoms with Crippen LogP contribution in [-0.2, 0) is 11.3 Å². The Morgan fingerprint density at radius 2 is 1.97 bits per heavy atom. The number of nitrogens with one attached hydrogen (secondary N) is 1. The van der Waals surface area contributed by atoms with Crippen LogP contribution in [0.4, 0.5) is 0 Å². The first-order valence-corrected chi connectivity index (χ1v) is 10.1. The normalized spacial score (nSPS) is 13.3. The van der Waals surface area contributed by atoms with Crippen molar-refractivity contribution in [2.45, 2.75) is 37.7 Å². The molecule has 3 aromatic rings. The van der Waals surface area contributed by atoms with E-state index in [4.69, 9.17) is 9.47 Å². The number of thioether (sulfide) groups is 1. The largest absolute Gasteiger partial charge is 0.454 e. The molecule has 0 saturated heterocycles. The van der Waals surface area contributed by atoms with Crippen molar-refractivity contribution in [3.63, 3.8) is 0 Å². The third kappa shape index (κ3) is 4.04. The first kappa shape index (κ1) is 19.3. The van der Waals surface area contributed by atoms with Gasteiger partial charge in [-0.25, -0.2) is 0 Å². The summed E-state index contributed by atoms with van der Waals surface area (Å²) < 4.78 is 12.4. The number of hydrogen-bond acceptors (Lipinski definition) is 7. The van der Waals surface area contributed by atoms with Crippen molar-refractivity contribution in [3.05, 3.63) is 53.1 Å². The highest BCUT2D eigenvalue weighted by Gasteiger charge is 2.21. The molecule has 1 aliphatic heterocycles. The molecule has 1 amide bonds. The van der Waals surface area contributed by atoms with Crippen molar-refractivity contribution in [2.24, 2.45) is 0 Å². The van der Waals surface area contributed by atoms with Crippen molar-refractivity contribution in [1.29, 1.82) is 0 Å². The van der Waals surface area contributed by atoms with Gasteiger partial charge >= 0.3 is 0 Å². The van der Waals surface area contributed by atoms with Gasteiger partial charge in [-0.15, -0.1) is 5.10 Å². The number of carbonyl (C=O) groups is 1. The smallest absolute Gasteiger partial charge is 0.233 e. The van der Waals surface area contributed by atoms with E-state index in [-0.39, 0.29) is 18.0 Å². The summed E-state index contributed by atoms with van der Waals surface area (Å²) in [6.45, 7) is 6.50. The maximum Gasteiger partial charge on any atom is 0.233 e. The Bertz CT molecular complexity index is 1030. The van der Waals surface area contributed by atoms with Crippen LogP contribution in [0.5, 0.6) is 11.5 Å². The molecular weight excluding hydrogens is 390 g/mol. The number of tetrazole rings is 1. The summed E-state index contributed by atoms with van der Waals surface area (Å²) in [5.41, 5.74) is 4.02. The fraction of sp³-hybridized carbons (Fsp3) is 0.300. The van der Waals surface area contributed by atoms with Crippen molar-refractivity contribution in [3.8, 4) is 17.2 Å². The second kappa shape index (κ2) is 8.12. The van der Waals surface area contributed by atoms with Gasteiger partial charge in [0, 0.05) is 6.54 Å². The summed E-state index contributed by atoms with van der Waals surface area (Å²) in [5.74, 6) is 1.33. The fourth-order valence-corrected chi connectivity index (χ4v) is 3.95. The lowest BCUT2D eigenvalue weighted by molar-refractivity contribution is -0.120. The average Bonchev–Trinajstić information content (AvgIpc) is 3.35. The standard InChI is InChI=1S/C20H21N5O3S/c1-12-5-4-6-13(2)18(12)25-20(22-23-24-25)29-14(3)19(26)21-10-15-7-8-16-17(9-15)28-11-27-16/h4-9,14H,10-11H2,1-3H3,(H,21,26)/t14-/m1/s1. The van der Waals surface area contributed by atoms with Crippen LogP contribution in [0.2, 0.25) is 0 Å². The maximum absolute atomic E-state index is 12.6. The molecule has 8 nitrogen and oxygen atoms in total. The molecular formula is C20H21N5O3S. The molecule has 1 aliphatic rings. The van der Waals surface area contributed by atoms with Crippen LogP contribution in [0, 0.1) is 13.8 Å². The molecule has 0 fully saturated rings. The second-order valence-electron chi connectivity index (χ2n) is 6.78. The monoisotopic (exact) mass is 411 g/mol. The van der Waals surface area contributed by atoms with Gasteiger partial charge in [-0.1, -0.05) is 36.0 Å². The molecule has 9 heteroatoms. The van der Waals surface area contributed by atoms with Crippen LogP contribution in [0.25, 0.3) is 5.69 Å². The van der Waals surface area contributed by atoms with Crippen LogP contribution in [0.1, 0.15) is 23.6 Å². The molecule has 1 aromatic heterocycles. The number of rotatable bonds is 6. The molecule has 0 unspecified atom stereocenters. The highest BCUT2D eigenvalue weighted by Crippen LogP contribution is 2.32. The summed E-state index contributed by atoms with van der Waals surface area (Å²) in [6, 6.07) is 11.7. The Labute approximate surface area is 172 Å². The van der Waals surface area contributed by atoms with Crippen LogP contribution in [0.15, 0.2) is 41.6 Å². The van der Waals surface area contributed by atoms with E-state index in [1.807, 2.05) is 57.2 Å². The molecule has 2 aromatic carbocycles. The van der Waals surface area contributed by atoms with E-state index in [9.17, 15) is 4.79 Å². The molecule has 0 radical (unpaired) electrons. The van der Waals surface area contributed by atoms with Gasteiger partial charge < -0.3 is 14.8 Å².